The highest BCUT2D eigenvalue weighted by molar-refractivity contribution is 6.03. The van der Waals surface area contributed by atoms with Crippen LogP contribution in [-0.2, 0) is 0 Å². The lowest BCUT2D eigenvalue weighted by molar-refractivity contribution is 0.102. The number of ether oxygens (including phenoxy) is 1. The third-order valence-electron chi connectivity index (χ3n) is 4.08. The second-order valence-electron chi connectivity index (χ2n) is 6.44. The molecule has 0 radical (unpaired) electrons. The highest BCUT2D eigenvalue weighted by Crippen LogP contribution is 2.24. The number of anilines is 4. The Kier molecular flexibility index (Phi) is 5.74. The summed E-state index contributed by atoms with van der Waals surface area (Å²) in [6.45, 7) is 1.82. The van der Waals surface area contributed by atoms with Gasteiger partial charge in [-0.25, -0.2) is 9.97 Å². The van der Waals surface area contributed by atoms with Gasteiger partial charge in [-0.1, -0.05) is 12.1 Å². The Balaban J connectivity index is 1.79. The lowest BCUT2D eigenvalue weighted by atomic mass is 10.2. The maximum absolute atomic E-state index is 12.7. The molecule has 1 heterocycles. The van der Waals surface area contributed by atoms with E-state index in [-0.39, 0.29) is 11.6 Å². The van der Waals surface area contributed by atoms with Gasteiger partial charge in [-0.15, -0.1) is 0 Å². The van der Waals surface area contributed by atoms with Gasteiger partial charge in [0.15, 0.2) is 0 Å². The second kappa shape index (κ2) is 8.39. The van der Waals surface area contributed by atoms with Gasteiger partial charge in [-0.2, -0.15) is 0 Å². The molecule has 2 aromatic carbocycles. The van der Waals surface area contributed by atoms with Gasteiger partial charge in [-0.05, 0) is 49.4 Å². The zero-order valence-corrected chi connectivity index (χ0v) is 16.4. The van der Waals surface area contributed by atoms with E-state index in [1.807, 2.05) is 62.3 Å². The molecule has 0 bridgehead atoms. The average molecular weight is 377 g/mol. The molecule has 0 aliphatic rings. The molecule has 1 amide bonds. The number of para-hydroxylation sites is 2. The van der Waals surface area contributed by atoms with Crippen LogP contribution in [0.1, 0.15) is 16.2 Å². The van der Waals surface area contributed by atoms with Gasteiger partial charge in [0, 0.05) is 31.2 Å². The SMILES string of the molecule is COc1ccccc1NC(=O)c1cc(C)nc(Nc2ccc(N(C)C)cc2)n1. The number of aryl methyl sites for hydroxylation is 1. The Bertz CT molecular complexity index is 971. The van der Waals surface area contributed by atoms with Gasteiger partial charge in [-0.3, -0.25) is 4.79 Å². The first-order valence-electron chi connectivity index (χ1n) is 8.81. The molecule has 0 spiro atoms. The van der Waals surface area contributed by atoms with E-state index in [1.54, 1.807) is 25.3 Å². The first-order valence-corrected chi connectivity index (χ1v) is 8.81. The Morgan fingerprint density at radius 1 is 1.04 bits per heavy atom. The molecule has 28 heavy (non-hydrogen) atoms. The maximum atomic E-state index is 12.7. The Morgan fingerprint density at radius 2 is 1.75 bits per heavy atom. The van der Waals surface area contributed by atoms with Crippen molar-refractivity contribution in [3.8, 4) is 5.75 Å². The van der Waals surface area contributed by atoms with Crippen molar-refractivity contribution in [1.29, 1.82) is 0 Å². The molecule has 144 valence electrons. The fourth-order valence-corrected chi connectivity index (χ4v) is 2.65. The van der Waals surface area contributed by atoms with Crippen molar-refractivity contribution < 1.29 is 9.53 Å². The van der Waals surface area contributed by atoms with Crippen molar-refractivity contribution in [2.75, 3.05) is 36.7 Å². The van der Waals surface area contributed by atoms with Crippen molar-refractivity contribution in [1.82, 2.24) is 9.97 Å². The van der Waals surface area contributed by atoms with Gasteiger partial charge in [0.05, 0.1) is 12.8 Å². The topological polar surface area (TPSA) is 79.4 Å². The molecule has 0 unspecified atom stereocenters. The van der Waals surface area contributed by atoms with E-state index in [0.29, 0.717) is 23.1 Å². The first-order chi connectivity index (χ1) is 13.5. The van der Waals surface area contributed by atoms with Gasteiger partial charge >= 0.3 is 0 Å². The molecular formula is C21H23N5O2. The van der Waals surface area contributed by atoms with Crippen LogP contribution in [0.3, 0.4) is 0 Å². The summed E-state index contributed by atoms with van der Waals surface area (Å²) < 4.78 is 5.27. The normalized spacial score (nSPS) is 10.3. The molecule has 0 aliphatic carbocycles. The average Bonchev–Trinajstić information content (AvgIpc) is 2.68. The van der Waals surface area contributed by atoms with Crippen LogP contribution >= 0.6 is 0 Å². The summed E-state index contributed by atoms with van der Waals surface area (Å²) in [6.07, 6.45) is 0. The van der Waals surface area contributed by atoms with E-state index in [2.05, 4.69) is 20.6 Å². The third kappa shape index (κ3) is 4.56. The fraction of sp³-hybridized carbons (Fsp3) is 0.190. The summed E-state index contributed by atoms with van der Waals surface area (Å²) in [5.41, 5.74) is 3.47. The quantitative estimate of drug-likeness (QED) is 0.679. The van der Waals surface area contributed by atoms with Gasteiger partial charge < -0.3 is 20.3 Å². The summed E-state index contributed by atoms with van der Waals surface area (Å²) >= 11 is 0. The number of carbonyl (C=O) groups excluding carboxylic acids is 1. The fourth-order valence-electron chi connectivity index (χ4n) is 2.65. The molecule has 7 nitrogen and oxygen atoms in total. The van der Waals surface area contributed by atoms with Crippen molar-refractivity contribution in [2.45, 2.75) is 6.92 Å². The van der Waals surface area contributed by atoms with E-state index in [1.165, 1.54) is 0 Å². The monoisotopic (exact) mass is 377 g/mol. The molecule has 2 N–H and O–H groups in total. The molecule has 0 aliphatic heterocycles. The number of aromatic nitrogens is 2. The zero-order chi connectivity index (χ0) is 20.1. The number of hydrogen-bond donors (Lipinski definition) is 2. The van der Waals surface area contributed by atoms with Crippen molar-refractivity contribution in [3.63, 3.8) is 0 Å². The molecule has 0 fully saturated rings. The number of benzene rings is 2. The van der Waals surface area contributed by atoms with Crippen LogP contribution < -0.4 is 20.3 Å². The third-order valence-corrected chi connectivity index (χ3v) is 4.08. The predicted molar refractivity (Wildman–Crippen MR) is 112 cm³/mol. The zero-order valence-electron chi connectivity index (χ0n) is 16.4. The predicted octanol–water partition coefficient (Wildman–Crippen LogP) is 3.86. The molecule has 0 saturated carbocycles. The molecule has 1 aromatic heterocycles. The number of amides is 1. The standard InChI is InChI=1S/C21H23N5O2/c1-14-13-18(20(27)24-17-7-5-6-8-19(17)28-4)25-21(22-14)23-15-9-11-16(12-10-15)26(2)3/h5-13H,1-4H3,(H,24,27)(H,22,23,25). The largest absolute Gasteiger partial charge is 0.495 e. The van der Waals surface area contributed by atoms with Crippen LogP contribution in [0, 0.1) is 6.92 Å². The van der Waals surface area contributed by atoms with E-state index >= 15 is 0 Å². The summed E-state index contributed by atoms with van der Waals surface area (Å²) in [5, 5.41) is 5.98. The lowest BCUT2D eigenvalue weighted by Crippen LogP contribution is -2.16. The first kappa shape index (κ1) is 19.2. The molecular weight excluding hydrogens is 354 g/mol. The maximum Gasteiger partial charge on any atom is 0.274 e. The van der Waals surface area contributed by atoms with Crippen LogP contribution in [-0.4, -0.2) is 37.1 Å². The number of hydrogen-bond acceptors (Lipinski definition) is 6. The highest BCUT2D eigenvalue weighted by atomic mass is 16.5. The van der Waals surface area contributed by atoms with E-state index in [4.69, 9.17) is 4.74 Å². The highest BCUT2D eigenvalue weighted by Gasteiger charge is 2.13. The summed E-state index contributed by atoms with van der Waals surface area (Å²) in [7, 11) is 5.53. The smallest absolute Gasteiger partial charge is 0.274 e. The van der Waals surface area contributed by atoms with Crippen LogP contribution in [0.25, 0.3) is 0 Å². The van der Waals surface area contributed by atoms with Crippen molar-refractivity contribution in [3.05, 3.63) is 66.0 Å². The minimum absolute atomic E-state index is 0.269. The Morgan fingerprint density at radius 3 is 2.43 bits per heavy atom. The van der Waals surface area contributed by atoms with E-state index < -0.39 is 0 Å². The van der Waals surface area contributed by atoms with Crippen molar-refractivity contribution >= 4 is 28.9 Å². The molecule has 3 aromatic rings. The minimum Gasteiger partial charge on any atom is -0.495 e. The molecule has 3 rings (SSSR count). The lowest BCUT2D eigenvalue weighted by Gasteiger charge is -2.13. The van der Waals surface area contributed by atoms with Crippen LogP contribution in [0.4, 0.5) is 23.0 Å². The number of carbonyl (C=O) groups is 1. The number of nitrogens with zero attached hydrogens (tertiary/aromatic N) is 3. The second-order valence-corrected chi connectivity index (χ2v) is 6.44. The minimum atomic E-state index is -0.332. The molecule has 7 heteroatoms. The van der Waals surface area contributed by atoms with E-state index in [9.17, 15) is 4.79 Å². The number of methoxy groups -OCH3 is 1. The van der Waals surface area contributed by atoms with Gasteiger partial charge in [0.2, 0.25) is 5.95 Å². The Labute approximate surface area is 164 Å². The van der Waals surface area contributed by atoms with Crippen LogP contribution in [0.2, 0.25) is 0 Å². The number of rotatable bonds is 6. The van der Waals surface area contributed by atoms with Gasteiger partial charge in [0.25, 0.3) is 5.91 Å². The Hall–Kier alpha value is -3.61. The van der Waals surface area contributed by atoms with Crippen molar-refractivity contribution in [2.24, 2.45) is 0 Å². The number of nitrogens with one attached hydrogen (secondary N) is 2. The summed E-state index contributed by atoms with van der Waals surface area (Å²) in [5.74, 6) is 0.616. The summed E-state index contributed by atoms with van der Waals surface area (Å²) in [6, 6.07) is 16.7. The molecule has 0 atom stereocenters. The van der Waals surface area contributed by atoms with Crippen LogP contribution in [0.15, 0.2) is 54.6 Å². The molecule has 0 saturated heterocycles. The van der Waals surface area contributed by atoms with Gasteiger partial charge in [0.1, 0.15) is 11.4 Å². The van der Waals surface area contributed by atoms with E-state index in [0.717, 1.165) is 11.4 Å². The summed E-state index contributed by atoms with van der Waals surface area (Å²) in [4.78, 5) is 23.4. The van der Waals surface area contributed by atoms with Crippen LogP contribution in [0.5, 0.6) is 5.75 Å².